The molecule has 0 aliphatic carbocycles. The molecule has 5 nitrogen and oxygen atoms in total. The summed E-state index contributed by atoms with van der Waals surface area (Å²) in [4.78, 5) is 0. The Balaban J connectivity index is 1.61. The highest BCUT2D eigenvalue weighted by Gasteiger charge is 2.32. The second-order valence-corrected chi connectivity index (χ2v) is 11.9. The van der Waals surface area contributed by atoms with Gasteiger partial charge >= 0.3 is 0 Å². The van der Waals surface area contributed by atoms with Crippen molar-refractivity contribution in [3.63, 3.8) is 0 Å². The fraction of sp³-hybridized carbons (Fsp3) is 0.238. The zero-order valence-corrected chi connectivity index (χ0v) is 20.6. The second kappa shape index (κ2) is 9.00. The van der Waals surface area contributed by atoms with Crippen molar-refractivity contribution in [3.8, 4) is 16.9 Å². The number of nitrogens with one attached hydrogen (secondary N) is 1. The van der Waals surface area contributed by atoms with Gasteiger partial charge in [-0.05, 0) is 60.3 Å². The van der Waals surface area contributed by atoms with Gasteiger partial charge in [-0.15, -0.1) is 11.3 Å². The first-order valence-electron chi connectivity index (χ1n) is 9.53. The van der Waals surface area contributed by atoms with Crippen LogP contribution in [0.3, 0.4) is 0 Å². The zero-order chi connectivity index (χ0) is 23.1. The van der Waals surface area contributed by atoms with E-state index in [0.717, 1.165) is 24.3 Å². The Hall–Kier alpha value is -1.55. The second-order valence-electron chi connectivity index (χ2n) is 7.60. The van der Waals surface area contributed by atoms with E-state index in [-0.39, 0.29) is 14.9 Å². The highest BCUT2D eigenvalue weighted by atomic mass is 35.5. The van der Waals surface area contributed by atoms with Gasteiger partial charge in [0.15, 0.2) is 0 Å². The monoisotopic (exact) mass is 534 g/mol. The third kappa shape index (κ3) is 4.71. The smallest absolute Gasteiger partial charge is 0.287 e. The summed E-state index contributed by atoms with van der Waals surface area (Å²) >= 11 is 19.4. The molecule has 4 rings (SSSR count). The quantitative estimate of drug-likeness (QED) is 0.374. The standard InChI is InChI=1S/C21H18Cl3FN2O3S2/c1-21(6-7-26-12-21)30-19-10-15(3-4-16(19)22)27(24)32(28,29)20-9-14(11-31-20)13-2-5-18(25)17(23)8-13/h2-5,8-11,26H,6-7,12H2,1H3/t21-/m1/s1. The molecule has 1 fully saturated rings. The summed E-state index contributed by atoms with van der Waals surface area (Å²) in [6.07, 6.45) is 0.793. The van der Waals surface area contributed by atoms with Crippen LogP contribution in [-0.4, -0.2) is 27.1 Å². The van der Waals surface area contributed by atoms with Crippen LogP contribution in [0.4, 0.5) is 10.1 Å². The highest BCUT2D eigenvalue weighted by molar-refractivity contribution is 7.96. The zero-order valence-electron chi connectivity index (χ0n) is 16.7. The molecule has 2 heterocycles. The summed E-state index contributed by atoms with van der Waals surface area (Å²) in [5, 5.41) is 5.19. The number of rotatable bonds is 6. The molecule has 1 atom stereocenters. The Morgan fingerprint density at radius 3 is 2.59 bits per heavy atom. The molecule has 170 valence electrons. The Morgan fingerprint density at radius 1 is 1.12 bits per heavy atom. The van der Waals surface area contributed by atoms with Crippen LogP contribution >= 0.6 is 46.3 Å². The molecule has 1 saturated heterocycles. The molecule has 1 aliphatic heterocycles. The first kappa shape index (κ1) is 23.6. The number of hydrogen-bond donors (Lipinski definition) is 1. The molecule has 0 saturated carbocycles. The van der Waals surface area contributed by atoms with Crippen molar-refractivity contribution < 1.29 is 17.5 Å². The van der Waals surface area contributed by atoms with E-state index in [4.69, 9.17) is 39.7 Å². The molecule has 1 aromatic heterocycles. The van der Waals surface area contributed by atoms with Gasteiger partial charge in [0, 0.05) is 30.8 Å². The number of hydrogen-bond acceptors (Lipinski definition) is 5. The van der Waals surface area contributed by atoms with Crippen LogP contribution in [0.15, 0.2) is 52.1 Å². The van der Waals surface area contributed by atoms with Gasteiger partial charge in [0.25, 0.3) is 10.0 Å². The molecule has 0 unspecified atom stereocenters. The van der Waals surface area contributed by atoms with Crippen LogP contribution < -0.4 is 13.9 Å². The van der Waals surface area contributed by atoms with Crippen molar-refractivity contribution in [1.82, 2.24) is 5.32 Å². The molecule has 2 aromatic carbocycles. The van der Waals surface area contributed by atoms with Crippen molar-refractivity contribution in [3.05, 3.63) is 63.7 Å². The van der Waals surface area contributed by atoms with E-state index in [1.54, 1.807) is 11.4 Å². The van der Waals surface area contributed by atoms with Crippen LogP contribution in [0.1, 0.15) is 13.3 Å². The van der Waals surface area contributed by atoms with Crippen LogP contribution in [0.5, 0.6) is 5.75 Å². The molecule has 32 heavy (non-hydrogen) atoms. The van der Waals surface area contributed by atoms with Gasteiger partial charge in [0.1, 0.15) is 21.4 Å². The summed E-state index contributed by atoms with van der Waals surface area (Å²) in [6.45, 7) is 3.44. The largest absolute Gasteiger partial charge is 0.485 e. The fourth-order valence-corrected chi connectivity index (χ4v) is 6.43. The van der Waals surface area contributed by atoms with E-state index in [0.29, 0.717) is 32.3 Å². The molecule has 3 aromatic rings. The number of ether oxygens (including phenoxy) is 1. The van der Waals surface area contributed by atoms with Gasteiger partial charge in [-0.25, -0.2) is 4.39 Å². The van der Waals surface area contributed by atoms with Crippen molar-refractivity contribution in [1.29, 1.82) is 0 Å². The van der Waals surface area contributed by atoms with E-state index >= 15 is 0 Å². The van der Waals surface area contributed by atoms with Gasteiger partial charge in [-0.3, -0.25) is 0 Å². The average molecular weight is 536 g/mol. The van der Waals surface area contributed by atoms with Crippen LogP contribution in [0.2, 0.25) is 10.0 Å². The predicted octanol–water partition coefficient (Wildman–Crippen LogP) is 6.34. The van der Waals surface area contributed by atoms with Crippen LogP contribution in [0, 0.1) is 5.82 Å². The number of benzene rings is 2. The molecule has 0 radical (unpaired) electrons. The highest BCUT2D eigenvalue weighted by Crippen LogP contribution is 2.38. The maximum Gasteiger partial charge on any atom is 0.287 e. The minimum absolute atomic E-state index is 0.0207. The van der Waals surface area contributed by atoms with E-state index in [1.165, 1.54) is 36.4 Å². The molecule has 0 amide bonds. The molecule has 11 heteroatoms. The lowest BCUT2D eigenvalue weighted by molar-refractivity contribution is 0.111. The summed E-state index contributed by atoms with van der Waals surface area (Å²) in [6, 6.07) is 10.2. The lowest BCUT2D eigenvalue weighted by atomic mass is 10.1. The average Bonchev–Trinajstić information content (AvgIpc) is 3.41. The van der Waals surface area contributed by atoms with Crippen LogP contribution in [-0.2, 0) is 10.0 Å². The van der Waals surface area contributed by atoms with E-state index in [1.807, 2.05) is 6.92 Å². The van der Waals surface area contributed by atoms with Gasteiger partial charge < -0.3 is 10.1 Å². The number of nitrogens with zero attached hydrogens (tertiary/aromatic N) is 1. The van der Waals surface area contributed by atoms with Crippen molar-refractivity contribution in [2.24, 2.45) is 0 Å². The first-order chi connectivity index (χ1) is 15.1. The summed E-state index contributed by atoms with van der Waals surface area (Å²) in [5.41, 5.74) is 0.927. The summed E-state index contributed by atoms with van der Waals surface area (Å²) in [5.74, 6) is -0.197. The maximum absolute atomic E-state index is 13.4. The maximum atomic E-state index is 13.4. The molecular weight excluding hydrogens is 518 g/mol. The Kier molecular flexibility index (Phi) is 6.64. The van der Waals surface area contributed by atoms with E-state index in [2.05, 4.69) is 5.32 Å². The van der Waals surface area contributed by atoms with Gasteiger partial charge in [0.05, 0.1) is 15.7 Å². The molecule has 0 spiro atoms. The van der Waals surface area contributed by atoms with E-state index < -0.39 is 21.4 Å². The number of halogens is 4. The number of sulfonamides is 1. The lowest BCUT2D eigenvalue weighted by Crippen LogP contribution is -2.34. The van der Waals surface area contributed by atoms with Gasteiger partial charge in [-0.1, -0.05) is 29.3 Å². The lowest BCUT2D eigenvalue weighted by Gasteiger charge is -2.26. The number of anilines is 1. The number of thiophene rings is 1. The minimum atomic E-state index is -4.07. The molecule has 0 bridgehead atoms. The minimum Gasteiger partial charge on any atom is -0.485 e. The third-order valence-corrected chi connectivity index (χ3v) is 9.34. The fourth-order valence-electron chi connectivity index (χ4n) is 3.32. The third-order valence-electron chi connectivity index (χ3n) is 5.10. The predicted molar refractivity (Wildman–Crippen MR) is 128 cm³/mol. The Morgan fingerprint density at radius 2 is 1.91 bits per heavy atom. The van der Waals surface area contributed by atoms with Crippen molar-refractivity contribution >= 4 is 62.0 Å². The van der Waals surface area contributed by atoms with Crippen LogP contribution in [0.25, 0.3) is 11.1 Å². The normalized spacial score (nSPS) is 18.7. The molecular formula is C21H18Cl3FN2O3S2. The first-order valence-corrected chi connectivity index (χ1v) is 12.9. The topological polar surface area (TPSA) is 58.6 Å². The van der Waals surface area contributed by atoms with Gasteiger partial charge in [0.2, 0.25) is 0 Å². The summed E-state index contributed by atoms with van der Waals surface area (Å²) < 4.78 is 46.5. The molecule has 1 N–H and O–H groups in total. The van der Waals surface area contributed by atoms with Crippen molar-refractivity contribution in [2.75, 3.05) is 16.9 Å². The Bertz CT molecular complexity index is 1260. The Labute approximate surface area is 204 Å². The SMILES string of the molecule is C[C@@]1(Oc2cc(N(Cl)S(=O)(=O)c3cc(-c4ccc(F)c(Cl)c4)cs3)ccc2Cl)CCNC1. The van der Waals surface area contributed by atoms with Crippen molar-refractivity contribution in [2.45, 2.75) is 23.2 Å². The summed E-state index contributed by atoms with van der Waals surface area (Å²) in [7, 11) is -4.07. The van der Waals surface area contributed by atoms with E-state index in [9.17, 15) is 12.8 Å². The van der Waals surface area contributed by atoms with Gasteiger partial charge in [-0.2, -0.15) is 12.2 Å². The molecule has 1 aliphatic rings.